The average molecular weight is 165 g/mol. The molecule has 0 amide bonds. The third-order valence-corrected chi connectivity index (χ3v) is 1.58. The highest BCUT2D eigenvalue weighted by Crippen LogP contribution is 2.09. The van der Waals surface area contributed by atoms with Gasteiger partial charge in [0.15, 0.2) is 0 Å². The van der Waals surface area contributed by atoms with Crippen LogP contribution in [-0.4, -0.2) is 13.1 Å². The van der Waals surface area contributed by atoms with Crippen molar-refractivity contribution in [3.63, 3.8) is 0 Å². The van der Waals surface area contributed by atoms with Gasteiger partial charge in [0.1, 0.15) is 6.61 Å². The average Bonchev–Trinajstić information content (AvgIpc) is 2.16. The molecule has 0 N–H and O–H groups in total. The summed E-state index contributed by atoms with van der Waals surface area (Å²) in [6, 6.07) is 6.63. The summed E-state index contributed by atoms with van der Waals surface area (Å²) in [5.74, 6) is -0.457. The Bertz CT molecular complexity index is 281. The van der Waals surface area contributed by atoms with Gasteiger partial charge in [-0.1, -0.05) is 18.2 Å². The molecule has 63 valence electrons. The Morgan fingerprint density at radius 1 is 1.42 bits per heavy atom. The molecule has 0 saturated carbocycles. The quantitative estimate of drug-likeness (QED) is 0.622. The van der Waals surface area contributed by atoms with Gasteiger partial charge in [0.25, 0.3) is 0 Å². The molecule has 0 aliphatic heterocycles. The van der Waals surface area contributed by atoms with Crippen LogP contribution >= 0.6 is 0 Å². The van der Waals surface area contributed by atoms with Gasteiger partial charge in [-0.15, -0.1) is 0 Å². The molecule has 0 aliphatic carbocycles. The third kappa shape index (κ3) is 1.62. The minimum Gasteiger partial charge on any atom is -0.465 e. The SMILES string of the molecule is COC(=O)c1ccccc1C[O]. The van der Waals surface area contributed by atoms with Crippen molar-refractivity contribution in [1.82, 2.24) is 0 Å². The topological polar surface area (TPSA) is 46.2 Å². The van der Waals surface area contributed by atoms with Crippen LogP contribution in [0, 0.1) is 0 Å². The van der Waals surface area contributed by atoms with Crippen LogP contribution < -0.4 is 0 Å². The Morgan fingerprint density at radius 3 is 2.67 bits per heavy atom. The number of esters is 1. The van der Waals surface area contributed by atoms with Gasteiger partial charge in [-0.05, 0) is 11.6 Å². The maximum atomic E-state index is 11.0. The van der Waals surface area contributed by atoms with Crippen LogP contribution in [0.2, 0.25) is 0 Å². The highest BCUT2D eigenvalue weighted by atomic mass is 16.5. The van der Waals surface area contributed by atoms with Crippen molar-refractivity contribution in [3.8, 4) is 0 Å². The largest absolute Gasteiger partial charge is 0.465 e. The smallest absolute Gasteiger partial charge is 0.338 e. The zero-order valence-electron chi connectivity index (χ0n) is 6.74. The predicted molar refractivity (Wildman–Crippen MR) is 42.2 cm³/mol. The van der Waals surface area contributed by atoms with E-state index < -0.39 is 12.6 Å². The summed E-state index contributed by atoms with van der Waals surface area (Å²) < 4.78 is 4.50. The summed E-state index contributed by atoms with van der Waals surface area (Å²) in [4.78, 5) is 11.0. The highest BCUT2D eigenvalue weighted by molar-refractivity contribution is 5.90. The number of methoxy groups -OCH3 is 1. The first-order valence-electron chi connectivity index (χ1n) is 3.54. The molecule has 12 heavy (non-hydrogen) atoms. The molecule has 0 saturated heterocycles. The minimum atomic E-state index is -0.457. The van der Waals surface area contributed by atoms with Gasteiger partial charge in [0, 0.05) is 0 Å². The van der Waals surface area contributed by atoms with Crippen molar-refractivity contribution in [2.75, 3.05) is 7.11 Å². The van der Waals surface area contributed by atoms with Crippen LogP contribution in [-0.2, 0) is 16.5 Å². The standard InChI is InChI=1S/C9H9O3/c1-12-9(11)8-5-3-2-4-7(8)6-10/h2-5H,6H2,1H3. The fourth-order valence-corrected chi connectivity index (χ4v) is 0.955. The van der Waals surface area contributed by atoms with E-state index in [0.29, 0.717) is 11.1 Å². The molecular weight excluding hydrogens is 156 g/mol. The predicted octanol–water partition coefficient (Wildman–Crippen LogP) is 1.40. The molecule has 0 atom stereocenters. The van der Waals surface area contributed by atoms with E-state index in [1.165, 1.54) is 7.11 Å². The van der Waals surface area contributed by atoms with Gasteiger partial charge in [0.2, 0.25) is 0 Å². The van der Waals surface area contributed by atoms with Crippen molar-refractivity contribution < 1.29 is 14.6 Å². The van der Waals surface area contributed by atoms with E-state index in [1.807, 2.05) is 0 Å². The first kappa shape index (κ1) is 8.74. The summed E-state index contributed by atoms with van der Waals surface area (Å²) in [6.07, 6.45) is 0. The molecule has 1 radical (unpaired) electrons. The Balaban J connectivity index is 3.04. The summed E-state index contributed by atoms with van der Waals surface area (Å²) in [7, 11) is 1.30. The molecule has 1 rings (SSSR count). The van der Waals surface area contributed by atoms with E-state index in [2.05, 4.69) is 4.74 Å². The van der Waals surface area contributed by atoms with Gasteiger partial charge >= 0.3 is 5.97 Å². The first-order valence-corrected chi connectivity index (χ1v) is 3.54. The summed E-state index contributed by atoms with van der Waals surface area (Å²) in [6.45, 7) is -0.398. The van der Waals surface area contributed by atoms with Gasteiger partial charge in [-0.2, -0.15) is 0 Å². The highest BCUT2D eigenvalue weighted by Gasteiger charge is 2.09. The van der Waals surface area contributed by atoms with Crippen LogP contribution in [0.3, 0.4) is 0 Å². The maximum Gasteiger partial charge on any atom is 0.338 e. The fourth-order valence-electron chi connectivity index (χ4n) is 0.955. The van der Waals surface area contributed by atoms with Crippen molar-refractivity contribution >= 4 is 5.97 Å². The minimum absolute atomic E-state index is 0.356. The number of rotatable bonds is 2. The number of carbonyl (C=O) groups is 1. The van der Waals surface area contributed by atoms with E-state index in [4.69, 9.17) is 0 Å². The lowest BCUT2D eigenvalue weighted by Crippen LogP contribution is -2.04. The van der Waals surface area contributed by atoms with E-state index >= 15 is 0 Å². The van der Waals surface area contributed by atoms with E-state index in [1.54, 1.807) is 24.3 Å². The Morgan fingerprint density at radius 2 is 2.08 bits per heavy atom. The van der Waals surface area contributed by atoms with Crippen LogP contribution in [0.15, 0.2) is 24.3 Å². The lowest BCUT2D eigenvalue weighted by molar-refractivity contribution is 0.0594. The Labute approximate surface area is 70.6 Å². The van der Waals surface area contributed by atoms with Crippen LogP contribution in [0.4, 0.5) is 0 Å². The van der Waals surface area contributed by atoms with Gasteiger partial charge in [-0.25, -0.2) is 9.90 Å². The van der Waals surface area contributed by atoms with Crippen molar-refractivity contribution in [3.05, 3.63) is 35.4 Å². The van der Waals surface area contributed by atoms with E-state index in [0.717, 1.165) is 0 Å². The number of carbonyl (C=O) groups excluding carboxylic acids is 1. The monoisotopic (exact) mass is 165 g/mol. The summed E-state index contributed by atoms with van der Waals surface area (Å²) in [5, 5.41) is 10.6. The van der Waals surface area contributed by atoms with Gasteiger partial charge in [-0.3, -0.25) is 0 Å². The van der Waals surface area contributed by atoms with Crippen LogP contribution in [0.5, 0.6) is 0 Å². The maximum absolute atomic E-state index is 11.0. The molecule has 0 fully saturated rings. The third-order valence-electron chi connectivity index (χ3n) is 1.58. The second-order valence-electron chi connectivity index (χ2n) is 2.29. The Kier molecular flexibility index (Phi) is 2.82. The molecular formula is C9H9O3. The number of hydrogen-bond acceptors (Lipinski definition) is 2. The summed E-state index contributed by atoms with van der Waals surface area (Å²) in [5.41, 5.74) is 0.833. The molecule has 0 unspecified atom stereocenters. The molecule has 0 aliphatic rings. The van der Waals surface area contributed by atoms with Crippen molar-refractivity contribution in [1.29, 1.82) is 0 Å². The number of hydrogen-bond donors (Lipinski definition) is 0. The lowest BCUT2D eigenvalue weighted by atomic mass is 10.1. The normalized spacial score (nSPS) is 9.50. The molecule has 0 heterocycles. The molecule has 0 spiro atoms. The molecule has 0 bridgehead atoms. The lowest BCUT2D eigenvalue weighted by Gasteiger charge is -2.02. The fraction of sp³-hybridized carbons (Fsp3) is 0.222. The van der Waals surface area contributed by atoms with Gasteiger partial charge in [0.05, 0.1) is 12.7 Å². The second-order valence-corrected chi connectivity index (χ2v) is 2.29. The van der Waals surface area contributed by atoms with E-state index in [-0.39, 0.29) is 0 Å². The molecule has 3 nitrogen and oxygen atoms in total. The summed E-state index contributed by atoms with van der Waals surface area (Å²) >= 11 is 0. The number of benzene rings is 1. The molecule has 1 aromatic rings. The van der Waals surface area contributed by atoms with Crippen molar-refractivity contribution in [2.24, 2.45) is 0 Å². The van der Waals surface area contributed by atoms with Gasteiger partial charge < -0.3 is 4.74 Å². The van der Waals surface area contributed by atoms with Crippen LogP contribution in [0.25, 0.3) is 0 Å². The molecule has 3 heteroatoms. The zero-order valence-corrected chi connectivity index (χ0v) is 6.74. The molecule has 1 aromatic carbocycles. The molecule has 0 aromatic heterocycles. The second kappa shape index (κ2) is 3.88. The van der Waals surface area contributed by atoms with E-state index in [9.17, 15) is 9.90 Å². The van der Waals surface area contributed by atoms with Crippen molar-refractivity contribution in [2.45, 2.75) is 6.61 Å². The number of ether oxygens (including phenoxy) is 1. The van der Waals surface area contributed by atoms with Crippen LogP contribution in [0.1, 0.15) is 15.9 Å². The Hall–Kier alpha value is -1.35. The zero-order chi connectivity index (χ0) is 8.97. The first-order chi connectivity index (χ1) is 5.79.